The normalized spacial score (nSPS) is 15.7. The number of alkyl halides is 3. The fraction of sp³-hybridized carbons (Fsp3) is 0.500. The van der Waals surface area contributed by atoms with Gasteiger partial charge in [-0.1, -0.05) is 6.07 Å². The van der Waals surface area contributed by atoms with E-state index in [2.05, 4.69) is 4.18 Å². The Morgan fingerprint density at radius 1 is 1.29 bits per heavy atom. The van der Waals surface area contributed by atoms with Gasteiger partial charge in [-0.2, -0.15) is 21.6 Å². The predicted octanol–water partition coefficient (Wildman–Crippen LogP) is 1.84. The third-order valence-corrected chi connectivity index (χ3v) is 4.40. The number of nitrogens with zero attached hydrogens (tertiary/aromatic N) is 1. The summed E-state index contributed by atoms with van der Waals surface area (Å²) < 4.78 is 68.0. The van der Waals surface area contributed by atoms with Crippen LogP contribution in [0, 0.1) is 0 Å². The van der Waals surface area contributed by atoms with Gasteiger partial charge in [-0.05, 0) is 36.6 Å². The molecule has 2 rings (SSSR count). The number of rotatable bonds is 5. The minimum atomic E-state index is -5.68. The molecule has 1 aromatic rings. The molecule has 0 bridgehead atoms. The molecule has 0 radical (unpaired) electrons. The average Bonchev–Trinajstić information content (AvgIpc) is 2.46. The van der Waals surface area contributed by atoms with Crippen molar-refractivity contribution in [1.29, 1.82) is 0 Å². The van der Waals surface area contributed by atoms with Gasteiger partial charge in [-0.15, -0.1) is 0 Å². The first-order valence-corrected chi connectivity index (χ1v) is 8.53. The van der Waals surface area contributed by atoms with Crippen LogP contribution in [0.25, 0.3) is 0 Å². The van der Waals surface area contributed by atoms with Gasteiger partial charge in [0.1, 0.15) is 5.75 Å². The highest BCUT2D eigenvalue weighted by molar-refractivity contribution is 7.88. The summed E-state index contributed by atoms with van der Waals surface area (Å²) in [5.41, 5.74) is -3.99. The van der Waals surface area contributed by atoms with Crippen molar-refractivity contribution in [3.63, 3.8) is 0 Å². The quantitative estimate of drug-likeness (QED) is 0.449. The first kappa shape index (κ1) is 18.5. The summed E-state index contributed by atoms with van der Waals surface area (Å²) >= 11 is 0. The molecule has 1 aromatic carbocycles. The maximum atomic E-state index is 12.3. The van der Waals surface area contributed by atoms with Gasteiger partial charge in [0, 0.05) is 13.1 Å². The molecule has 0 fully saturated rings. The van der Waals surface area contributed by atoms with Crippen LogP contribution in [-0.4, -0.2) is 44.5 Å². The van der Waals surface area contributed by atoms with Crippen molar-refractivity contribution in [1.82, 2.24) is 4.90 Å². The second-order valence-electron chi connectivity index (χ2n) is 5.18. The summed E-state index contributed by atoms with van der Waals surface area (Å²) in [6.45, 7) is 3.04. The highest BCUT2D eigenvalue weighted by Gasteiger charge is 2.48. The molecular weight excluding hydrogens is 351 g/mol. The number of benzene rings is 1. The minimum absolute atomic E-state index is 0.119. The molecule has 6 nitrogen and oxygen atoms in total. The number of hydrogen-bond acceptors (Lipinski definition) is 6. The summed E-state index contributed by atoms with van der Waals surface area (Å²) in [6.07, 6.45) is 0.456. The molecule has 1 aliphatic heterocycles. The van der Waals surface area contributed by atoms with E-state index >= 15 is 0 Å². The molecule has 134 valence electrons. The number of esters is 1. The van der Waals surface area contributed by atoms with E-state index in [-0.39, 0.29) is 24.9 Å². The van der Waals surface area contributed by atoms with Crippen LogP contribution in [0.2, 0.25) is 0 Å². The molecule has 0 atom stereocenters. The zero-order valence-corrected chi connectivity index (χ0v) is 13.6. The lowest BCUT2D eigenvalue weighted by Crippen LogP contribution is -2.35. The smallest absolute Gasteiger partial charge is 0.465 e. The fourth-order valence-corrected chi connectivity index (χ4v) is 2.79. The van der Waals surface area contributed by atoms with Gasteiger partial charge in [-0.25, -0.2) is 0 Å². The Labute approximate surface area is 137 Å². The summed E-state index contributed by atoms with van der Waals surface area (Å²) in [4.78, 5) is 13.3. The molecule has 10 heteroatoms. The van der Waals surface area contributed by atoms with E-state index in [1.54, 1.807) is 6.92 Å². The second kappa shape index (κ2) is 6.98. The van der Waals surface area contributed by atoms with Crippen LogP contribution in [0.5, 0.6) is 5.75 Å². The van der Waals surface area contributed by atoms with Crippen molar-refractivity contribution < 1.29 is 35.3 Å². The van der Waals surface area contributed by atoms with Gasteiger partial charge in [0.15, 0.2) is 0 Å². The van der Waals surface area contributed by atoms with E-state index in [0.29, 0.717) is 25.1 Å². The highest BCUT2D eigenvalue weighted by atomic mass is 32.2. The third kappa shape index (κ3) is 4.38. The van der Waals surface area contributed by atoms with Crippen molar-refractivity contribution in [2.45, 2.75) is 25.4 Å². The Bertz CT molecular complexity index is 718. The van der Waals surface area contributed by atoms with Crippen LogP contribution in [0.1, 0.15) is 18.1 Å². The Morgan fingerprint density at radius 3 is 2.62 bits per heavy atom. The summed E-state index contributed by atoms with van der Waals surface area (Å²) in [5, 5.41) is 0. The number of fused-ring (bicyclic) bond motifs is 1. The van der Waals surface area contributed by atoms with Gasteiger partial charge in [0.2, 0.25) is 0 Å². The van der Waals surface area contributed by atoms with E-state index in [4.69, 9.17) is 4.74 Å². The van der Waals surface area contributed by atoms with E-state index < -0.39 is 15.6 Å². The van der Waals surface area contributed by atoms with Crippen LogP contribution in [-0.2, 0) is 32.6 Å². The summed E-state index contributed by atoms with van der Waals surface area (Å²) in [7, 11) is -5.68. The van der Waals surface area contributed by atoms with Crippen LogP contribution < -0.4 is 4.18 Å². The molecule has 1 aliphatic rings. The van der Waals surface area contributed by atoms with Crippen molar-refractivity contribution in [2.24, 2.45) is 0 Å². The van der Waals surface area contributed by atoms with Crippen molar-refractivity contribution in [3.8, 4) is 5.75 Å². The molecule has 0 saturated heterocycles. The lowest BCUT2D eigenvalue weighted by atomic mass is 9.99. The molecular formula is C14H16F3NO5S. The first-order chi connectivity index (χ1) is 11.1. The second-order valence-corrected chi connectivity index (χ2v) is 6.72. The Balaban J connectivity index is 2.08. The van der Waals surface area contributed by atoms with Gasteiger partial charge >= 0.3 is 21.6 Å². The number of halogens is 3. The van der Waals surface area contributed by atoms with Crippen LogP contribution in [0.3, 0.4) is 0 Å². The largest absolute Gasteiger partial charge is 0.534 e. The number of carbonyl (C=O) groups is 1. The van der Waals surface area contributed by atoms with Gasteiger partial charge in [0.05, 0.1) is 13.2 Å². The summed E-state index contributed by atoms with van der Waals surface area (Å²) in [5.74, 6) is -0.734. The topological polar surface area (TPSA) is 72.9 Å². The Morgan fingerprint density at radius 2 is 2.00 bits per heavy atom. The Kier molecular flexibility index (Phi) is 5.38. The molecule has 0 saturated carbocycles. The maximum absolute atomic E-state index is 12.3. The molecule has 0 aromatic heterocycles. The zero-order chi connectivity index (χ0) is 18.0. The maximum Gasteiger partial charge on any atom is 0.534 e. The monoisotopic (exact) mass is 367 g/mol. The third-order valence-electron chi connectivity index (χ3n) is 3.42. The van der Waals surface area contributed by atoms with Crippen LogP contribution >= 0.6 is 0 Å². The lowest BCUT2D eigenvalue weighted by molar-refractivity contribution is -0.144. The average molecular weight is 367 g/mol. The van der Waals surface area contributed by atoms with Crippen molar-refractivity contribution in [2.75, 3.05) is 19.7 Å². The van der Waals surface area contributed by atoms with Gasteiger partial charge in [0.25, 0.3) is 0 Å². The van der Waals surface area contributed by atoms with Crippen LogP contribution in [0.4, 0.5) is 13.2 Å². The van der Waals surface area contributed by atoms with E-state index in [1.807, 2.05) is 4.90 Å². The zero-order valence-electron chi connectivity index (χ0n) is 12.8. The highest BCUT2D eigenvalue weighted by Crippen LogP contribution is 2.29. The number of carbonyl (C=O) groups excluding carboxylic acids is 1. The van der Waals surface area contributed by atoms with E-state index in [9.17, 15) is 26.4 Å². The molecule has 0 unspecified atom stereocenters. The predicted molar refractivity (Wildman–Crippen MR) is 77.7 cm³/mol. The standard InChI is InChI=1S/C14H16F3NO5S/c1-2-22-13(19)9-18-6-5-10-7-12(4-3-11(10)8-18)23-24(20,21)14(15,16)17/h3-4,7H,2,5-6,8-9H2,1H3. The fourth-order valence-electron chi connectivity index (χ4n) is 2.34. The number of ether oxygens (including phenoxy) is 1. The lowest BCUT2D eigenvalue weighted by Gasteiger charge is -2.28. The molecule has 24 heavy (non-hydrogen) atoms. The molecule has 0 N–H and O–H groups in total. The van der Waals surface area contributed by atoms with Gasteiger partial charge < -0.3 is 8.92 Å². The molecule has 0 amide bonds. The number of hydrogen-bond donors (Lipinski definition) is 0. The molecule has 1 heterocycles. The minimum Gasteiger partial charge on any atom is -0.465 e. The molecule has 0 aliphatic carbocycles. The molecule has 0 spiro atoms. The first-order valence-electron chi connectivity index (χ1n) is 7.13. The van der Waals surface area contributed by atoms with Crippen molar-refractivity contribution in [3.05, 3.63) is 29.3 Å². The van der Waals surface area contributed by atoms with Gasteiger partial charge in [-0.3, -0.25) is 9.69 Å². The SMILES string of the molecule is CCOC(=O)CN1CCc2cc(OS(=O)(=O)C(F)(F)F)ccc2C1. The van der Waals surface area contributed by atoms with Crippen LogP contribution in [0.15, 0.2) is 18.2 Å². The van der Waals surface area contributed by atoms with Crippen molar-refractivity contribution >= 4 is 16.1 Å². The Hall–Kier alpha value is -1.81. The summed E-state index contributed by atoms with van der Waals surface area (Å²) in [6, 6.07) is 3.93. The van der Waals surface area contributed by atoms with E-state index in [0.717, 1.165) is 11.6 Å². The van der Waals surface area contributed by atoms with E-state index in [1.165, 1.54) is 12.1 Å².